The van der Waals surface area contributed by atoms with E-state index in [4.69, 9.17) is 16.0 Å². The number of hydrogen-bond donors (Lipinski definition) is 3. The first-order chi connectivity index (χ1) is 12.1. The second-order valence-corrected chi connectivity index (χ2v) is 5.73. The largest absolute Gasteiger partial charge is 0.502 e. The SMILES string of the molecule is O=c1cc(CO)oc([C@H](Nc2cccc[nH+]2)c2ccccc2Cl)c1O. The number of aliphatic hydroxyl groups is 1. The molecule has 128 valence electrons. The average Bonchev–Trinajstić information content (AvgIpc) is 2.63. The second kappa shape index (κ2) is 7.38. The molecule has 4 N–H and O–H groups in total. The Labute approximate surface area is 148 Å². The van der Waals surface area contributed by atoms with Gasteiger partial charge < -0.3 is 14.6 Å². The molecule has 0 aliphatic rings. The third-order valence-electron chi connectivity index (χ3n) is 3.64. The van der Waals surface area contributed by atoms with E-state index in [9.17, 15) is 15.0 Å². The summed E-state index contributed by atoms with van der Waals surface area (Å²) in [6.45, 7) is -0.463. The summed E-state index contributed by atoms with van der Waals surface area (Å²) < 4.78 is 5.55. The van der Waals surface area contributed by atoms with Crippen LogP contribution >= 0.6 is 11.6 Å². The number of benzene rings is 1. The molecule has 0 fully saturated rings. The first-order valence-electron chi connectivity index (χ1n) is 7.54. The number of anilines is 1. The average molecular weight is 360 g/mol. The highest BCUT2D eigenvalue weighted by atomic mass is 35.5. The lowest BCUT2D eigenvalue weighted by Crippen LogP contribution is -2.20. The molecule has 0 unspecified atom stereocenters. The molecule has 6 nitrogen and oxygen atoms in total. The number of rotatable bonds is 5. The molecule has 0 spiro atoms. The van der Waals surface area contributed by atoms with Gasteiger partial charge in [-0.15, -0.1) is 0 Å². The minimum atomic E-state index is -0.744. The minimum absolute atomic E-state index is 0.0260. The van der Waals surface area contributed by atoms with E-state index in [0.29, 0.717) is 16.4 Å². The van der Waals surface area contributed by atoms with E-state index in [1.54, 1.807) is 36.5 Å². The predicted molar refractivity (Wildman–Crippen MR) is 92.5 cm³/mol. The quantitative estimate of drug-likeness (QED) is 0.650. The van der Waals surface area contributed by atoms with Crippen molar-refractivity contribution in [1.82, 2.24) is 0 Å². The molecule has 2 heterocycles. The molecule has 0 bridgehead atoms. The van der Waals surface area contributed by atoms with Crippen LogP contribution in [-0.4, -0.2) is 10.2 Å². The Balaban J connectivity index is 2.16. The van der Waals surface area contributed by atoms with Gasteiger partial charge in [-0.05, 0) is 12.1 Å². The predicted octanol–water partition coefficient (Wildman–Crippen LogP) is 2.51. The van der Waals surface area contributed by atoms with Crippen LogP contribution in [0.2, 0.25) is 5.02 Å². The van der Waals surface area contributed by atoms with Gasteiger partial charge in [0.2, 0.25) is 11.2 Å². The fraction of sp³-hybridized carbons (Fsp3) is 0.111. The number of aliphatic hydroxyl groups excluding tert-OH is 1. The Morgan fingerprint density at radius 3 is 2.64 bits per heavy atom. The molecule has 0 amide bonds. The van der Waals surface area contributed by atoms with Crippen LogP contribution in [0.5, 0.6) is 5.75 Å². The number of hydrogen-bond acceptors (Lipinski definition) is 5. The van der Waals surface area contributed by atoms with Crippen molar-refractivity contribution in [3.63, 3.8) is 0 Å². The monoisotopic (exact) mass is 359 g/mol. The normalized spacial score (nSPS) is 11.9. The molecule has 2 aromatic heterocycles. The van der Waals surface area contributed by atoms with Crippen LogP contribution in [0.15, 0.2) is 63.9 Å². The smallest absolute Gasteiger partial charge is 0.273 e. The van der Waals surface area contributed by atoms with E-state index in [0.717, 1.165) is 6.07 Å². The molecular formula is C18H16ClN2O4+. The lowest BCUT2D eigenvalue weighted by Gasteiger charge is -2.17. The zero-order valence-corrected chi connectivity index (χ0v) is 13.8. The van der Waals surface area contributed by atoms with Crippen LogP contribution in [0.25, 0.3) is 0 Å². The standard InChI is InChI=1S/C18H15ClN2O4/c19-13-6-2-1-5-12(13)16(21-15-7-3-4-8-20-15)18-17(24)14(23)9-11(10-22)25-18/h1-9,16,22,24H,10H2,(H,20,21)/p+1/t16-/m1/s1. The van der Waals surface area contributed by atoms with Crippen molar-refractivity contribution in [1.29, 1.82) is 0 Å². The maximum atomic E-state index is 12.0. The number of H-pyrrole nitrogens is 1. The molecular weight excluding hydrogens is 344 g/mol. The lowest BCUT2D eigenvalue weighted by atomic mass is 10.0. The fourth-order valence-electron chi connectivity index (χ4n) is 2.46. The zero-order valence-electron chi connectivity index (χ0n) is 13.1. The van der Waals surface area contributed by atoms with Crippen LogP contribution < -0.4 is 15.7 Å². The van der Waals surface area contributed by atoms with Gasteiger partial charge in [0.05, 0.1) is 6.20 Å². The van der Waals surface area contributed by atoms with Gasteiger partial charge in [0.1, 0.15) is 12.4 Å². The van der Waals surface area contributed by atoms with Crippen LogP contribution in [-0.2, 0) is 6.61 Å². The number of aromatic nitrogens is 1. The molecule has 3 aromatic rings. The summed E-state index contributed by atoms with van der Waals surface area (Å²) in [5, 5.41) is 23.1. The lowest BCUT2D eigenvalue weighted by molar-refractivity contribution is -0.361. The summed E-state index contributed by atoms with van der Waals surface area (Å²) in [6.07, 6.45) is 1.73. The van der Waals surface area contributed by atoms with E-state index in [2.05, 4.69) is 10.3 Å². The second-order valence-electron chi connectivity index (χ2n) is 5.32. The third-order valence-corrected chi connectivity index (χ3v) is 3.99. The van der Waals surface area contributed by atoms with E-state index in [-0.39, 0.29) is 11.5 Å². The topological polar surface area (TPSA) is 96.8 Å². The molecule has 0 aliphatic carbocycles. The van der Waals surface area contributed by atoms with E-state index in [1.165, 1.54) is 0 Å². The van der Waals surface area contributed by atoms with Crippen molar-refractivity contribution in [3.8, 4) is 5.75 Å². The first kappa shape index (κ1) is 17.0. The van der Waals surface area contributed by atoms with Crippen LogP contribution in [0.3, 0.4) is 0 Å². The van der Waals surface area contributed by atoms with E-state index >= 15 is 0 Å². The number of halogens is 1. The van der Waals surface area contributed by atoms with Gasteiger partial charge in [0, 0.05) is 22.7 Å². The molecule has 0 saturated carbocycles. The molecule has 3 rings (SSSR count). The number of pyridine rings is 1. The summed E-state index contributed by atoms with van der Waals surface area (Å²) in [6, 6.07) is 12.8. The van der Waals surface area contributed by atoms with Crippen molar-refractivity contribution < 1.29 is 19.6 Å². The van der Waals surface area contributed by atoms with E-state index in [1.807, 2.05) is 12.1 Å². The Morgan fingerprint density at radius 1 is 1.20 bits per heavy atom. The van der Waals surface area contributed by atoms with Crippen molar-refractivity contribution in [3.05, 3.63) is 87.1 Å². The van der Waals surface area contributed by atoms with Crippen LogP contribution in [0.4, 0.5) is 5.82 Å². The Hall–Kier alpha value is -2.83. The highest BCUT2D eigenvalue weighted by molar-refractivity contribution is 6.31. The summed E-state index contributed by atoms with van der Waals surface area (Å²) in [4.78, 5) is 15.0. The van der Waals surface area contributed by atoms with Crippen molar-refractivity contribution >= 4 is 17.4 Å². The zero-order chi connectivity index (χ0) is 17.8. The molecule has 1 aromatic carbocycles. The van der Waals surface area contributed by atoms with Crippen molar-refractivity contribution in [2.45, 2.75) is 12.6 Å². The minimum Gasteiger partial charge on any atom is -0.502 e. The maximum absolute atomic E-state index is 12.0. The van der Waals surface area contributed by atoms with Crippen LogP contribution in [0.1, 0.15) is 23.1 Å². The summed E-state index contributed by atoms with van der Waals surface area (Å²) in [5.74, 6) is 0.116. The molecule has 0 aliphatic heterocycles. The van der Waals surface area contributed by atoms with Gasteiger partial charge in [0.15, 0.2) is 11.8 Å². The van der Waals surface area contributed by atoms with E-state index < -0.39 is 23.8 Å². The van der Waals surface area contributed by atoms with Gasteiger partial charge in [-0.2, -0.15) is 0 Å². The summed E-state index contributed by atoms with van der Waals surface area (Å²) >= 11 is 6.30. The van der Waals surface area contributed by atoms with Gasteiger partial charge >= 0.3 is 0 Å². The van der Waals surface area contributed by atoms with Gasteiger partial charge in [-0.25, -0.2) is 4.98 Å². The Kier molecular flexibility index (Phi) is 5.02. The number of nitrogens with one attached hydrogen (secondary N) is 2. The summed E-state index contributed by atoms with van der Waals surface area (Å²) in [7, 11) is 0. The highest BCUT2D eigenvalue weighted by Crippen LogP contribution is 2.34. The number of aromatic amines is 1. The fourth-order valence-corrected chi connectivity index (χ4v) is 2.71. The molecule has 7 heteroatoms. The Morgan fingerprint density at radius 2 is 1.96 bits per heavy atom. The third kappa shape index (κ3) is 3.65. The first-order valence-corrected chi connectivity index (χ1v) is 7.92. The molecule has 0 saturated heterocycles. The van der Waals surface area contributed by atoms with Crippen LogP contribution in [0, 0.1) is 0 Å². The van der Waals surface area contributed by atoms with Crippen molar-refractivity contribution in [2.75, 3.05) is 5.32 Å². The number of aromatic hydroxyl groups is 1. The Bertz CT molecular complexity index is 928. The summed E-state index contributed by atoms with van der Waals surface area (Å²) in [5.41, 5.74) is -0.0313. The molecule has 0 radical (unpaired) electrons. The van der Waals surface area contributed by atoms with Gasteiger partial charge in [-0.3, -0.25) is 10.1 Å². The van der Waals surface area contributed by atoms with Gasteiger partial charge in [0.25, 0.3) is 5.82 Å². The molecule has 25 heavy (non-hydrogen) atoms. The maximum Gasteiger partial charge on any atom is 0.273 e. The van der Waals surface area contributed by atoms with Gasteiger partial charge in [-0.1, -0.05) is 35.9 Å². The van der Waals surface area contributed by atoms with Crippen molar-refractivity contribution in [2.24, 2.45) is 0 Å². The highest BCUT2D eigenvalue weighted by Gasteiger charge is 2.29. The molecule has 1 atom stereocenters.